The number of aliphatic imine (C=N–C) groups is 2. The number of benzene rings is 5. The number of halogens is 1. The van der Waals surface area contributed by atoms with Crippen LogP contribution in [0.4, 0.5) is 0 Å². The first-order chi connectivity index (χ1) is 18.8. The van der Waals surface area contributed by atoms with Gasteiger partial charge in [0.15, 0.2) is 5.84 Å². The zero-order valence-corrected chi connectivity index (χ0v) is 22.0. The van der Waals surface area contributed by atoms with Crippen LogP contribution in [0.1, 0.15) is 22.9 Å². The fraction of sp³-hybridized carbons (Fsp3) is 0.0303. The van der Waals surface area contributed by atoms with Crippen LogP contribution in [0.25, 0.3) is 27.5 Å². The Kier molecular flexibility index (Phi) is 5.64. The first-order valence-electron chi connectivity index (χ1n) is 12.6. The highest BCUT2D eigenvalue weighted by Crippen LogP contribution is 2.37. The molecule has 182 valence electrons. The molecule has 0 fully saturated rings. The number of para-hydroxylation sites is 3. The van der Waals surface area contributed by atoms with E-state index in [4.69, 9.17) is 9.98 Å². The lowest BCUT2D eigenvalue weighted by Gasteiger charge is -2.25. The van der Waals surface area contributed by atoms with E-state index >= 15 is 0 Å². The molecule has 1 aliphatic rings. The van der Waals surface area contributed by atoms with Gasteiger partial charge < -0.3 is 9.88 Å². The number of aromatic nitrogens is 1. The number of hydrogen-bond acceptors (Lipinski definition) is 3. The zero-order valence-electron chi connectivity index (χ0n) is 20.4. The second-order valence-electron chi connectivity index (χ2n) is 9.24. The Morgan fingerprint density at radius 1 is 0.632 bits per heavy atom. The average Bonchev–Trinajstić information content (AvgIpc) is 3.32. The molecule has 0 aliphatic carbocycles. The number of nitrogens with one attached hydrogen (secondary N) is 1. The average molecular weight is 555 g/mol. The smallest absolute Gasteiger partial charge is 0.161 e. The Bertz CT molecular complexity index is 1800. The van der Waals surface area contributed by atoms with Crippen molar-refractivity contribution in [3.63, 3.8) is 0 Å². The van der Waals surface area contributed by atoms with Gasteiger partial charge in [0.1, 0.15) is 12.0 Å². The Morgan fingerprint density at radius 3 is 1.92 bits per heavy atom. The topological polar surface area (TPSA) is 41.7 Å². The van der Waals surface area contributed by atoms with Gasteiger partial charge in [-0.3, -0.25) is 0 Å². The maximum Gasteiger partial charge on any atom is 0.161 e. The molecule has 7 rings (SSSR count). The van der Waals surface area contributed by atoms with Crippen molar-refractivity contribution in [1.82, 2.24) is 9.88 Å². The Hall–Kier alpha value is -4.48. The van der Waals surface area contributed by atoms with Crippen molar-refractivity contribution >= 4 is 49.4 Å². The molecule has 0 saturated carbocycles. The fourth-order valence-corrected chi connectivity index (χ4v) is 5.75. The molecule has 0 bridgehead atoms. The van der Waals surface area contributed by atoms with E-state index in [1.165, 1.54) is 10.8 Å². The minimum atomic E-state index is -0.260. The predicted octanol–water partition coefficient (Wildman–Crippen LogP) is 8.04. The first-order valence-corrected chi connectivity index (χ1v) is 13.4. The van der Waals surface area contributed by atoms with Gasteiger partial charge in [-0.05, 0) is 45.8 Å². The molecule has 5 heteroatoms. The molecular formula is C33H23BrN4. The third-order valence-corrected chi connectivity index (χ3v) is 7.58. The van der Waals surface area contributed by atoms with Crippen LogP contribution < -0.4 is 5.32 Å². The van der Waals surface area contributed by atoms with Gasteiger partial charge in [-0.25, -0.2) is 9.98 Å². The molecule has 0 spiro atoms. The molecule has 1 unspecified atom stereocenters. The summed E-state index contributed by atoms with van der Waals surface area (Å²) in [7, 11) is 0. The van der Waals surface area contributed by atoms with Crippen LogP contribution in [0.2, 0.25) is 0 Å². The molecule has 2 heterocycles. The number of hydrogen-bond donors (Lipinski definition) is 1. The molecule has 38 heavy (non-hydrogen) atoms. The second-order valence-corrected chi connectivity index (χ2v) is 10.1. The normalized spacial score (nSPS) is 15.2. The van der Waals surface area contributed by atoms with Gasteiger partial charge in [-0.2, -0.15) is 0 Å². The summed E-state index contributed by atoms with van der Waals surface area (Å²) in [6, 6.07) is 43.9. The van der Waals surface area contributed by atoms with Crippen molar-refractivity contribution in [2.45, 2.75) is 6.17 Å². The molecule has 1 aromatic heterocycles. The highest BCUT2D eigenvalue weighted by molar-refractivity contribution is 9.10. The van der Waals surface area contributed by atoms with E-state index in [9.17, 15) is 0 Å². The molecule has 0 amide bonds. The van der Waals surface area contributed by atoms with Gasteiger partial charge in [0, 0.05) is 26.4 Å². The summed E-state index contributed by atoms with van der Waals surface area (Å²) >= 11 is 3.89. The molecule has 1 N–H and O–H groups in total. The van der Waals surface area contributed by atoms with Crippen molar-refractivity contribution in [2.75, 3.05) is 0 Å². The second kappa shape index (κ2) is 9.43. The van der Waals surface area contributed by atoms with Gasteiger partial charge in [-0.15, -0.1) is 0 Å². The molecular weight excluding hydrogens is 532 g/mol. The lowest BCUT2D eigenvalue weighted by atomic mass is 10.1. The summed E-state index contributed by atoms with van der Waals surface area (Å²) in [5.41, 5.74) is 6.37. The monoisotopic (exact) mass is 554 g/mol. The number of rotatable bonds is 4. The van der Waals surface area contributed by atoms with Crippen molar-refractivity contribution in [3.8, 4) is 5.69 Å². The highest BCUT2D eigenvalue weighted by atomic mass is 79.9. The van der Waals surface area contributed by atoms with Gasteiger partial charge in [0.2, 0.25) is 0 Å². The van der Waals surface area contributed by atoms with Crippen molar-refractivity contribution in [3.05, 3.63) is 149 Å². The minimum absolute atomic E-state index is 0.260. The summed E-state index contributed by atoms with van der Waals surface area (Å²) in [6.45, 7) is 0. The molecule has 0 radical (unpaired) electrons. The SMILES string of the molecule is Brc1cccc(C2=NC(c3ccccc3)NC(c3ccccc3)=N2)c1-n1c2ccccc2c2ccccc21. The van der Waals surface area contributed by atoms with Gasteiger partial charge in [-0.1, -0.05) is 103 Å². The molecule has 0 saturated heterocycles. The Balaban J connectivity index is 1.50. The largest absolute Gasteiger partial charge is 0.344 e. The van der Waals surface area contributed by atoms with Crippen LogP contribution in [-0.2, 0) is 0 Å². The summed E-state index contributed by atoms with van der Waals surface area (Å²) < 4.78 is 3.31. The molecule has 6 aromatic rings. The lowest BCUT2D eigenvalue weighted by Crippen LogP contribution is -2.33. The quantitative estimate of drug-likeness (QED) is 0.235. The van der Waals surface area contributed by atoms with Gasteiger partial charge in [0.25, 0.3) is 0 Å². The van der Waals surface area contributed by atoms with E-state index in [-0.39, 0.29) is 6.17 Å². The van der Waals surface area contributed by atoms with Gasteiger partial charge >= 0.3 is 0 Å². The third-order valence-electron chi connectivity index (χ3n) is 6.94. The molecule has 1 atom stereocenters. The minimum Gasteiger partial charge on any atom is -0.344 e. The lowest BCUT2D eigenvalue weighted by molar-refractivity contribution is 0.674. The van der Waals surface area contributed by atoms with Crippen molar-refractivity contribution in [1.29, 1.82) is 0 Å². The van der Waals surface area contributed by atoms with E-state index in [2.05, 4.69) is 117 Å². The molecule has 5 aromatic carbocycles. The third kappa shape index (κ3) is 3.83. The van der Waals surface area contributed by atoms with E-state index in [0.29, 0.717) is 5.84 Å². The van der Waals surface area contributed by atoms with Crippen LogP contribution in [0.15, 0.2) is 142 Å². The Labute approximate surface area is 229 Å². The molecule has 1 aliphatic heterocycles. The number of amidine groups is 2. The van der Waals surface area contributed by atoms with E-state index in [1.807, 2.05) is 36.4 Å². The van der Waals surface area contributed by atoms with Crippen LogP contribution in [0.3, 0.4) is 0 Å². The fourth-order valence-electron chi connectivity index (χ4n) is 5.20. The highest BCUT2D eigenvalue weighted by Gasteiger charge is 2.24. The van der Waals surface area contributed by atoms with Crippen molar-refractivity contribution < 1.29 is 0 Å². The van der Waals surface area contributed by atoms with Crippen LogP contribution in [0, 0.1) is 0 Å². The van der Waals surface area contributed by atoms with Gasteiger partial charge in [0.05, 0.1) is 16.7 Å². The van der Waals surface area contributed by atoms with E-state index < -0.39 is 0 Å². The number of fused-ring (bicyclic) bond motifs is 3. The summed E-state index contributed by atoms with van der Waals surface area (Å²) in [6.07, 6.45) is -0.260. The first kappa shape index (κ1) is 22.7. The van der Waals surface area contributed by atoms with Crippen LogP contribution in [-0.4, -0.2) is 16.2 Å². The van der Waals surface area contributed by atoms with E-state index in [0.717, 1.165) is 43.7 Å². The summed E-state index contributed by atoms with van der Waals surface area (Å²) in [5.74, 6) is 1.49. The summed E-state index contributed by atoms with van der Waals surface area (Å²) in [5, 5.41) is 5.99. The van der Waals surface area contributed by atoms with Crippen LogP contribution in [0.5, 0.6) is 0 Å². The predicted molar refractivity (Wildman–Crippen MR) is 160 cm³/mol. The summed E-state index contributed by atoms with van der Waals surface area (Å²) in [4.78, 5) is 10.2. The maximum absolute atomic E-state index is 5.15. The number of nitrogens with zero attached hydrogens (tertiary/aromatic N) is 3. The maximum atomic E-state index is 5.15. The van der Waals surface area contributed by atoms with Crippen LogP contribution >= 0.6 is 15.9 Å². The van der Waals surface area contributed by atoms with E-state index in [1.54, 1.807) is 0 Å². The molecule has 4 nitrogen and oxygen atoms in total. The standard InChI is InChI=1S/C33H23BrN4/c34-27-19-11-18-26(30(27)38-28-20-9-7-16-24(28)25-17-8-10-21-29(25)38)33-36-31(22-12-3-1-4-13-22)35-32(37-33)23-14-5-2-6-15-23/h1-21,31H,(H,35,36,37). The Morgan fingerprint density at radius 2 is 1.24 bits per heavy atom. The van der Waals surface area contributed by atoms with Crippen molar-refractivity contribution in [2.24, 2.45) is 9.98 Å². The zero-order chi connectivity index (χ0) is 25.5.